The van der Waals surface area contributed by atoms with Crippen LogP contribution in [0.3, 0.4) is 0 Å². The molecule has 0 saturated heterocycles. The molecule has 4 aromatic rings. The molecule has 0 saturated carbocycles. The Morgan fingerprint density at radius 1 is 1.29 bits per heavy atom. The molecule has 172 valence electrons. The van der Waals surface area contributed by atoms with E-state index in [9.17, 15) is 15.2 Å². The van der Waals surface area contributed by atoms with Gasteiger partial charge in [0.15, 0.2) is 11.6 Å². The summed E-state index contributed by atoms with van der Waals surface area (Å²) >= 11 is 5.89. The van der Waals surface area contributed by atoms with Crippen molar-refractivity contribution in [2.75, 3.05) is 12.8 Å². The topological polar surface area (TPSA) is 139 Å². The number of halogens is 1. The molecule has 0 aliphatic heterocycles. The molecule has 3 heterocycles. The first kappa shape index (κ1) is 23.2. The highest BCUT2D eigenvalue weighted by atomic mass is 35.5. The molecule has 0 aliphatic carbocycles. The molecule has 0 aliphatic rings. The third-order valence-electron chi connectivity index (χ3n) is 5.48. The van der Waals surface area contributed by atoms with E-state index in [1.807, 2.05) is 0 Å². The summed E-state index contributed by atoms with van der Waals surface area (Å²) in [5, 5.41) is 24.8. The minimum absolute atomic E-state index is 0.181. The van der Waals surface area contributed by atoms with Gasteiger partial charge in [0.1, 0.15) is 17.9 Å². The van der Waals surface area contributed by atoms with Gasteiger partial charge in [0.2, 0.25) is 5.88 Å². The van der Waals surface area contributed by atoms with Gasteiger partial charge in [-0.15, -0.1) is 0 Å². The predicted molar refractivity (Wildman–Crippen MR) is 126 cm³/mol. The van der Waals surface area contributed by atoms with Crippen molar-refractivity contribution in [1.29, 1.82) is 5.26 Å². The van der Waals surface area contributed by atoms with E-state index in [1.165, 1.54) is 24.1 Å². The van der Waals surface area contributed by atoms with Gasteiger partial charge < -0.3 is 15.6 Å². The average molecular weight is 477 g/mol. The van der Waals surface area contributed by atoms with E-state index in [0.29, 0.717) is 40.2 Å². The fourth-order valence-corrected chi connectivity index (χ4v) is 3.88. The van der Waals surface area contributed by atoms with Crippen LogP contribution >= 0.6 is 11.6 Å². The number of hydrogen-bond donors (Lipinski definition) is 2. The Morgan fingerprint density at radius 2 is 2.06 bits per heavy atom. The quantitative estimate of drug-likeness (QED) is 0.364. The standard InChI is InChI=1S/C24H21ClN6O3/c1-34-24-18(21(33)4-2-3-20(32)14-5-7-17(25)8-6-14)9-16(12-28-24)22-15(11-26)10-19-23(27)29-13-30-31(19)22/h5-10,12-13,20,32H,2-4H2,1H3,(H2,27,29,30)/t20-/m0/s1. The minimum atomic E-state index is -0.702. The van der Waals surface area contributed by atoms with Gasteiger partial charge in [-0.25, -0.2) is 14.5 Å². The summed E-state index contributed by atoms with van der Waals surface area (Å²) in [4.78, 5) is 21.3. The van der Waals surface area contributed by atoms with Gasteiger partial charge in [0.05, 0.1) is 30.0 Å². The molecule has 4 rings (SSSR count). The normalized spacial score (nSPS) is 11.8. The average Bonchev–Trinajstić information content (AvgIpc) is 3.24. The second kappa shape index (κ2) is 9.87. The van der Waals surface area contributed by atoms with Crippen LogP contribution in [0.25, 0.3) is 16.8 Å². The number of nitrogens with zero attached hydrogens (tertiary/aromatic N) is 5. The number of Topliss-reactive ketones (excluding diaryl/α,β-unsaturated/α-hetero) is 1. The van der Waals surface area contributed by atoms with Crippen LogP contribution < -0.4 is 10.5 Å². The van der Waals surface area contributed by atoms with Crippen LogP contribution in [-0.4, -0.2) is 37.6 Å². The molecule has 1 aromatic carbocycles. The zero-order valence-electron chi connectivity index (χ0n) is 18.3. The number of aromatic nitrogens is 4. The van der Waals surface area contributed by atoms with E-state index in [0.717, 1.165) is 5.56 Å². The van der Waals surface area contributed by atoms with E-state index in [2.05, 4.69) is 21.1 Å². The lowest BCUT2D eigenvalue weighted by Crippen LogP contribution is -2.07. The number of aliphatic hydroxyl groups excluding tert-OH is 1. The number of rotatable bonds is 8. The number of carbonyl (C=O) groups excluding carboxylic acids is 1. The summed E-state index contributed by atoms with van der Waals surface area (Å²) < 4.78 is 6.80. The lowest BCUT2D eigenvalue weighted by molar-refractivity contribution is 0.0965. The molecular weight excluding hydrogens is 456 g/mol. The lowest BCUT2D eigenvalue weighted by atomic mass is 9.99. The molecule has 0 spiro atoms. The number of fused-ring (bicyclic) bond motifs is 1. The maximum absolute atomic E-state index is 13.0. The van der Waals surface area contributed by atoms with Crippen molar-refractivity contribution in [3.63, 3.8) is 0 Å². The fraction of sp³-hybridized carbons (Fsp3) is 0.208. The number of nitriles is 1. The molecular formula is C24H21ClN6O3. The highest BCUT2D eigenvalue weighted by Gasteiger charge is 2.20. The summed E-state index contributed by atoms with van der Waals surface area (Å²) in [5.41, 5.74) is 8.71. The summed E-state index contributed by atoms with van der Waals surface area (Å²) in [5.74, 6) is 0.221. The van der Waals surface area contributed by atoms with Crippen LogP contribution in [-0.2, 0) is 0 Å². The van der Waals surface area contributed by atoms with Gasteiger partial charge in [-0.2, -0.15) is 10.4 Å². The zero-order chi connectivity index (χ0) is 24.2. The van der Waals surface area contributed by atoms with Crippen LogP contribution in [0.4, 0.5) is 5.82 Å². The van der Waals surface area contributed by atoms with E-state index in [1.54, 1.807) is 36.4 Å². The van der Waals surface area contributed by atoms with Crippen molar-refractivity contribution in [2.45, 2.75) is 25.4 Å². The summed E-state index contributed by atoms with van der Waals surface area (Å²) in [6.07, 6.45) is 3.15. The van der Waals surface area contributed by atoms with Gasteiger partial charge in [-0.3, -0.25) is 4.79 Å². The molecule has 0 bridgehead atoms. The van der Waals surface area contributed by atoms with Crippen molar-refractivity contribution in [2.24, 2.45) is 0 Å². The van der Waals surface area contributed by atoms with E-state index in [-0.39, 0.29) is 29.5 Å². The number of anilines is 1. The Balaban J connectivity index is 1.58. The largest absolute Gasteiger partial charge is 0.480 e. The van der Waals surface area contributed by atoms with Crippen LogP contribution in [0.1, 0.15) is 46.9 Å². The minimum Gasteiger partial charge on any atom is -0.480 e. The molecule has 0 radical (unpaired) electrons. The molecule has 0 amide bonds. The first-order valence-corrected chi connectivity index (χ1v) is 10.8. The number of pyridine rings is 1. The first-order chi connectivity index (χ1) is 16.4. The highest BCUT2D eigenvalue weighted by Crippen LogP contribution is 2.31. The second-order valence-corrected chi connectivity index (χ2v) is 8.06. The third kappa shape index (κ3) is 4.55. The molecule has 1 atom stereocenters. The van der Waals surface area contributed by atoms with Gasteiger partial charge in [-0.05, 0) is 42.7 Å². The van der Waals surface area contributed by atoms with E-state index >= 15 is 0 Å². The van der Waals surface area contributed by atoms with Crippen LogP contribution in [0, 0.1) is 11.3 Å². The SMILES string of the molecule is COc1ncc(-c2c(C#N)cc3c(N)ncnn23)cc1C(=O)CCC[C@H](O)c1ccc(Cl)cc1. The number of methoxy groups -OCH3 is 1. The Bertz CT molecular complexity index is 1390. The molecule has 10 heteroatoms. The Kier molecular flexibility index (Phi) is 6.72. The summed E-state index contributed by atoms with van der Waals surface area (Å²) in [7, 11) is 1.43. The number of carbonyl (C=O) groups is 1. The number of nitrogen functional groups attached to an aromatic ring is 1. The predicted octanol–water partition coefficient (Wildman–Crippen LogP) is 3.99. The van der Waals surface area contributed by atoms with Gasteiger partial charge in [-0.1, -0.05) is 23.7 Å². The van der Waals surface area contributed by atoms with Crippen molar-refractivity contribution in [3.05, 3.63) is 70.6 Å². The molecule has 0 unspecified atom stereocenters. The number of ether oxygens (including phenoxy) is 1. The third-order valence-corrected chi connectivity index (χ3v) is 5.73. The first-order valence-electron chi connectivity index (χ1n) is 10.5. The van der Waals surface area contributed by atoms with E-state index < -0.39 is 6.10 Å². The maximum Gasteiger partial charge on any atom is 0.224 e. The van der Waals surface area contributed by atoms with Crippen LogP contribution in [0.2, 0.25) is 5.02 Å². The number of benzene rings is 1. The van der Waals surface area contributed by atoms with Crippen molar-refractivity contribution in [3.8, 4) is 23.2 Å². The van der Waals surface area contributed by atoms with E-state index in [4.69, 9.17) is 22.1 Å². The Hall–Kier alpha value is -4.00. The Morgan fingerprint density at radius 3 is 2.76 bits per heavy atom. The molecule has 34 heavy (non-hydrogen) atoms. The molecule has 0 fully saturated rings. The number of hydrogen-bond acceptors (Lipinski definition) is 8. The number of ketones is 1. The van der Waals surface area contributed by atoms with Crippen molar-refractivity contribution < 1.29 is 14.6 Å². The van der Waals surface area contributed by atoms with Crippen molar-refractivity contribution >= 4 is 28.7 Å². The van der Waals surface area contributed by atoms with Crippen molar-refractivity contribution in [1.82, 2.24) is 19.6 Å². The second-order valence-electron chi connectivity index (χ2n) is 7.62. The highest BCUT2D eigenvalue weighted by molar-refractivity contribution is 6.30. The van der Waals surface area contributed by atoms with Crippen LogP contribution in [0.5, 0.6) is 5.88 Å². The molecule has 9 nitrogen and oxygen atoms in total. The summed E-state index contributed by atoms with van der Waals surface area (Å²) in [6, 6.07) is 12.3. The van der Waals surface area contributed by atoms with Gasteiger partial charge in [0, 0.05) is 23.2 Å². The number of aliphatic hydroxyl groups is 1. The van der Waals surface area contributed by atoms with Gasteiger partial charge >= 0.3 is 0 Å². The maximum atomic E-state index is 13.0. The summed E-state index contributed by atoms with van der Waals surface area (Å²) in [6.45, 7) is 0. The lowest BCUT2D eigenvalue weighted by Gasteiger charge is -2.12. The van der Waals surface area contributed by atoms with Crippen LogP contribution in [0.15, 0.2) is 48.9 Å². The van der Waals surface area contributed by atoms with Gasteiger partial charge in [0.25, 0.3) is 0 Å². The monoisotopic (exact) mass is 476 g/mol. The Labute approximate surface area is 200 Å². The zero-order valence-corrected chi connectivity index (χ0v) is 19.0. The fourth-order valence-electron chi connectivity index (χ4n) is 3.76. The smallest absolute Gasteiger partial charge is 0.224 e. The molecule has 3 aromatic heterocycles. The number of nitrogens with two attached hydrogens (primary N) is 1. The molecule has 3 N–H and O–H groups in total.